The highest BCUT2D eigenvalue weighted by Gasteiger charge is 2.25. The fourth-order valence-corrected chi connectivity index (χ4v) is 2.61. The van der Waals surface area contributed by atoms with Gasteiger partial charge in [-0.15, -0.1) is 11.3 Å². The highest BCUT2D eigenvalue weighted by molar-refractivity contribution is 7.09. The predicted molar refractivity (Wildman–Crippen MR) is 65.0 cm³/mol. The molecule has 0 aromatic carbocycles. The van der Waals surface area contributed by atoms with E-state index in [2.05, 4.69) is 17.5 Å². The summed E-state index contributed by atoms with van der Waals surface area (Å²) in [6.07, 6.45) is 7.11. The van der Waals surface area contributed by atoms with Crippen LogP contribution in [-0.2, 0) is 13.0 Å². The van der Waals surface area contributed by atoms with Gasteiger partial charge in [0.2, 0.25) is 0 Å². The van der Waals surface area contributed by atoms with Gasteiger partial charge in [0.15, 0.2) is 0 Å². The number of hydrogen-bond acceptors (Lipinski definition) is 2. The summed E-state index contributed by atoms with van der Waals surface area (Å²) in [4.78, 5) is 13.3. The molecule has 4 heteroatoms. The minimum atomic E-state index is 0.152. The van der Waals surface area contributed by atoms with Crippen LogP contribution < -0.4 is 5.69 Å². The Kier molecular flexibility index (Phi) is 2.44. The summed E-state index contributed by atoms with van der Waals surface area (Å²) in [5.41, 5.74) is 0.152. The van der Waals surface area contributed by atoms with Crippen LogP contribution in [0, 0.1) is 0 Å². The molecule has 2 heterocycles. The zero-order chi connectivity index (χ0) is 11.0. The lowest BCUT2D eigenvalue weighted by atomic mass is 10.3. The quantitative estimate of drug-likeness (QED) is 0.797. The smallest absolute Gasteiger partial charge is 0.299 e. The van der Waals surface area contributed by atoms with Crippen LogP contribution in [-0.4, -0.2) is 9.13 Å². The summed E-state index contributed by atoms with van der Waals surface area (Å²) in [6.45, 7) is 0.791. The van der Waals surface area contributed by atoms with Crippen molar-refractivity contribution in [2.24, 2.45) is 0 Å². The van der Waals surface area contributed by atoms with Crippen molar-refractivity contribution in [3.63, 3.8) is 0 Å². The van der Waals surface area contributed by atoms with E-state index >= 15 is 0 Å². The Morgan fingerprint density at radius 2 is 2.25 bits per heavy atom. The van der Waals surface area contributed by atoms with Crippen LogP contribution in [0.4, 0.5) is 0 Å². The van der Waals surface area contributed by atoms with Gasteiger partial charge in [-0.1, -0.05) is 6.07 Å². The highest BCUT2D eigenvalue weighted by atomic mass is 32.1. The Hall–Kier alpha value is -1.29. The van der Waals surface area contributed by atoms with Crippen LogP contribution in [0.15, 0.2) is 34.7 Å². The fraction of sp³-hybridized carbons (Fsp3) is 0.417. The average Bonchev–Trinajstić information content (AvgIpc) is 2.87. The summed E-state index contributed by atoms with van der Waals surface area (Å²) in [7, 11) is 0. The summed E-state index contributed by atoms with van der Waals surface area (Å²) >= 11 is 1.75. The molecule has 0 atom stereocenters. The van der Waals surface area contributed by atoms with Crippen molar-refractivity contribution < 1.29 is 0 Å². The van der Waals surface area contributed by atoms with Gasteiger partial charge in [0, 0.05) is 29.9 Å². The number of nitrogens with zero attached hydrogens (tertiary/aromatic N) is 2. The van der Waals surface area contributed by atoms with Gasteiger partial charge in [-0.05, 0) is 30.7 Å². The Bertz CT molecular complexity index is 519. The number of aryl methyl sites for hydroxylation is 2. The number of aromatic nitrogens is 2. The lowest BCUT2D eigenvalue weighted by molar-refractivity contribution is 0.622. The van der Waals surface area contributed by atoms with E-state index < -0.39 is 0 Å². The van der Waals surface area contributed by atoms with E-state index in [1.807, 2.05) is 21.5 Å². The first kappa shape index (κ1) is 9.90. The summed E-state index contributed by atoms with van der Waals surface area (Å²) in [5, 5.41) is 2.08. The van der Waals surface area contributed by atoms with Gasteiger partial charge < -0.3 is 0 Å². The van der Waals surface area contributed by atoms with Crippen molar-refractivity contribution in [1.82, 2.24) is 9.13 Å². The van der Waals surface area contributed by atoms with E-state index in [4.69, 9.17) is 0 Å². The van der Waals surface area contributed by atoms with Crippen molar-refractivity contribution in [2.45, 2.75) is 31.8 Å². The molecule has 1 aliphatic rings. The molecule has 1 fully saturated rings. The van der Waals surface area contributed by atoms with Crippen molar-refractivity contribution in [3.8, 4) is 0 Å². The SMILES string of the molecule is O=c1n(CCc2cccs2)ccn1C1CC1. The normalized spacial score (nSPS) is 15.5. The minimum absolute atomic E-state index is 0.152. The number of rotatable bonds is 4. The fourth-order valence-electron chi connectivity index (χ4n) is 1.91. The molecule has 0 N–H and O–H groups in total. The third kappa shape index (κ3) is 1.85. The maximum atomic E-state index is 11.9. The van der Waals surface area contributed by atoms with Crippen LogP contribution in [0.5, 0.6) is 0 Å². The molecule has 0 unspecified atom stereocenters. The summed E-state index contributed by atoms with van der Waals surface area (Å²) < 4.78 is 3.69. The second kappa shape index (κ2) is 3.94. The molecule has 0 radical (unpaired) electrons. The standard InChI is InChI=1S/C12H14N2OS/c15-12-13(6-5-11-2-1-9-16-11)7-8-14(12)10-3-4-10/h1-2,7-10H,3-6H2. The van der Waals surface area contributed by atoms with Crippen molar-refractivity contribution >= 4 is 11.3 Å². The number of imidazole rings is 1. The molecule has 2 aromatic heterocycles. The van der Waals surface area contributed by atoms with E-state index in [-0.39, 0.29) is 5.69 Å². The van der Waals surface area contributed by atoms with Gasteiger partial charge >= 0.3 is 5.69 Å². The Morgan fingerprint density at radius 3 is 2.94 bits per heavy atom. The predicted octanol–water partition coefficient (Wildman–Crippen LogP) is 2.29. The molecular weight excluding hydrogens is 220 g/mol. The summed E-state index contributed by atoms with van der Waals surface area (Å²) in [6, 6.07) is 4.65. The molecule has 0 saturated heterocycles. The van der Waals surface area contributed by atoms with E-state index in [1.54, 1.807) is 11.3 Å². The van der Waals surface area contributed by atoms with E-state index in [0.29, 0.717) is 6.04 Å². The largest absolute Gasteiger partial charge is 0.328 e. The van der Waals surface area contributed by atoms with Crippen molar-refractivity contribution in [2.75, 3.05) is 0 Å². The maximum Gasteiger partial charge on any atom is 0.328 e. The van der Waals surface area contributed by atoms with Crippen LogP contribution in [0.25, 0.3) is 0 Å². The van der Waals surface area contributed by atoms with E-state index in [1.165, 1.54) is 4.88 Å². The molecule has 0 aliphatic heterocycles. The van der Waals surface area contributed by atoms with Crippen LogP contribution in [0.1, 0.15) is 23.8 Å². The van der Waals surface area contributed by atoms with Gasteiger partial charge in [-0.25, -0.2) is 4.79 Å². The van der Waals surface area contributed by atoms with Gasteiger partial charge in [-0.3, -0.25) is 9.13 Å². The maximum absolute atomic E-state index is 11.9. The van der Waals surface area contributed by atoms with Crippen molar-refractivity contribution in [3.05, 3.63) is 45.3 Å². The zero-order valence-corrected chi connectivity index (χ0v) is 9.82. The second-order valence-corrected chi connectivity index (χ2v) is 5.27. The average molecular weight is 234 g/mol. The zero-order valence-electron chi connectivity index (χ0n) is 9.00. The lowest BCUT2D eigenvalue weighted by Gasteiger charge is -1.99. The van der Waals surface area contributed by atoms with Crippen molar-refractivity contribution in [1.29, 1.82) is 0 Å². The van der Waals surface area contributed by atoms with Gasteiger partial charge in [0.05, 0.1) is 0 Å². The molecule has 84 valence electrons. The molecule has 3 nitrogen and oxygen atoms in total. The summed E-state index contributed by atoms with van der Waals surface area (Å²) in [5.74, 6) is 0. The topological polar surface area (TPSA) is 26.9 Å². The molecule has 2 aromatic rings. The van der Waals surface area contributed by atoms with Crippen LogP contribution in [0.2, 0.25) is 0 Å². The first-order valence-electron chi connectivity index (χ1n) is 5.64. The first-order valence-corrected chi connectivity index (χ1v) is 6.52. The third-order valence-electron chi connectivity index (χ3n) is 2.99. The molecular formula is C12H14N2OS. The molecule has 1 aliphatic carbocycles. The van der Waals surface area contributed by atoms with Gasteiger partial charge in [-0.2, -0.15) is 0 Å². The second-order valence-electron chi connectivity index (χ2n) is 4.24. The third-order valence-corrected chi connectivity index (χ3v) is 3.93. The first-order chi connectivity index (χ1) is 7.84. The molecule has 0 spiro atoms. The van der Waals surface area contributed by atoms with Gasteiger partial charge in [0.25, 0.3) is 0 Å². The molecule has 16 heavy (non-hydrogen) atoms. The Labute approximate surface area is 98.0 Å². The molecule has 1 saturated carbocycles. The Balaban J connectivity index is 1.72. The lowest BCUT2D eigenvalue weighted by Crippen LogP contribution is -2.23. The number of thiophene rings is 1. The Morgan fingerprint density at radius 1 is 1.38 bits per heavy atom. The highest BCUT2D eigenvalue weighted by Crippen LogP contribution is 2.33. The number of hydrogen-bond donors (Lipinski definition) is 0. The van der Waals surface area contributed by atoms with Crippen LogP contribution >= 0.6 is 11.3 Å². The van der Waals surface area contributed by atoms with Crippen LogP contribution in [0.3, 0.4) is 0 Å². The molecule has 0 bridgehead atoms. The molecule has 0 amide bonds. The van der Waals surface area contributed by atoms with E-state index in [0.717, 1.165) is 25.8 Å². The monoisotopic (exact) mass is 234 g/mol. The van der Waals surface area contributed by atoms with Gasteiger partial charge in [0.1, 0.15) is 0 Å². The van der Waals surface area contributed by atoms with E-state index in [9.17, 15) is 4.79 Å². The molecule has 3 rings (SSSR count). The minimum Gasteiger partial charge on any atom is -0.299 e.